The summed E-state index contributed by atoms with van der Waals surface area (Å²) >= 11 is 0. The largest absolute Gasteiger partial charge is 0.268 e. The molecule has 20 heavy (non-hydrogen) atoms. The minimum absolute atomic E-state index is 0.0854. The Morgan fingerprint density at radius 3 is 2.25 bits per heavy atom. The molecule has 0 aliphatic rings. The molecule has 3 nitrogen and oxygen atoms in total. The highest BCUT2D eigenvalue weighted by atomic mass is 32.2. The van der Waals surface area contributed by atoms with Crippen LogP contribution in [0.1, 0.15) is 0 Å². The summed E-state index contributed by atoms with van der Waals surface area (Å²) in [5.41, 5.74) is 0.104. The third-order valence-electron chi connectivity index (χ3n) is 3.00. The number of aromatic nitrogens is 1. The predicted molar refractivity (Wildman–Crippen MR) is 70.9 cm³/mol. The third kappa shape index (κ3) is 1.89. The van der Waals surface area contributed by atoms with E-state index in [-0.39, 0.29) is 10.4 Å². The summed E-state index contributed by atoms with van der Waals surface area (Å²) in [7, 11) is -3.82. The number of nitrogens with zero attached hydrogens (tertiary/aromatic N) is 1. The molecule has 3 aromatic rings. The van der Waals surface area contributed by atoms with Crippen LogP contribution in [-0.4, -0.2) is 12.4 Å². The van der Waals surface area contributed by atoms with Gasteiger partial charge >= 0.3 is 0 Å². The third-order valence-corrected chi connectivity index (χ3v) is 4.70. The molecule has 0 radical (unpaired) electrons. The molecule has 3 rings (SSSR count). The molecule has 0 aliphatic carbocycles. The van der Waals surface area contributed by atoms with Crippen LogP contribution in [0.25, 0.3) is 10.9 Å². The molecule has 1 heterocycles. The molecular weight excluding hydrogens is 284 g/mol. The van der Waals surface area contributed by atoms with Crippen molar-refractivity contribution in [1.82, 2.24) is 3.97 Å². The van der Waals surface area contributed by atoms with Crippen LogP contribution in [0.5, 0.6) is 0 Å². The fraction of sp³-hybridized carbons (Fsp3) is 0. The molecule has 1 aromatic heterocycles. The maximum absolute atomic E-state index is 13.3. The fourth-order valence-corrected chi connectivity index (χ4v) is 3.39. The minimum Gasteiger partial charge on any atom is -0.241 e. The molecular formula is C14H9F2NO2S. The second-order valence-electron chi connectivity index (χ2n) is 4.25. The van der Waals surface area contributed by atoms with Crippen molar-refractivity contribution in [1.29, 1.82) is 0 Å². The Bertz CT molecular complexity index is 886. The fourth-order valence-electron chi connectivity index (χ4n) is 2.02. The number of halogens is 2. The van der Waals surface area contributed by atoms with Crippen LogP contribution in [-0.2, 0) is 10.0 Å². The second-order valence-corrected chi connectivity index (χ2v) is 6.07. The van der Waals surface area contributed by atoms with Gasteiger partial charge in [0, 0.05) is 17.6 Å². The van der Waals surface area contributed by atoms with E-state index in [1.54, 1.807) is 18.2 Å². The summed E-state index contributed by atoms with van der Waals surface area (Å²) < 4.78 is 52.3. The quantitative estimate of drug-likeness (QED) is 0.728. The van der Waals surface area contributed by atoms with Gasteiger partial charge < -0.3 is 0 Å². The summed E-state index contributed by atoms with van der Waals surface area (Å²) in [6.07, 6.45) is 1.28. The van der Waals surface area contributed by atoms with Gasteiger partial charge in [-0.15, -0.1) is 0 Å². The lowest BCUT2D eigenvalue weighted by Crippen LogP contribution is -2.11. The summed E-state index contributed by atoms with van der Waals surface area (Å²) in [6.45, 7) is 0. The first-order valence-electron chi connectivity index (χ1n) is 5.77. The van der Waals surface area contributed by atoms with Crippen molar-refractivity contribution in [3.63, 3.8) is 0 Å². The zero-order chi connectivity index (χ0) is 14.3. The first-order valence-corrected chi connectivity index (χ1v) is 7.21. The van der Waals surface area contributed by atoms with Gasteiger partial charge in [-0.2, -0.15) is 0 Å². The lowest BCUT2D eigenvalue weighted by molar-refractivity contribution is 0.510. The van der Waals surface area contributed by atoms with Crippen molar-refractivity contribution >= 4 is 20.9 Å². The lowest BCUT2D eigenvalue weighted by Gasteiger charge is -2.07. The number of hydrogen-bond donors (Lipinski definition) is 0. The van der Waals surface area contributed by atoms with Gasteiger partial charge in [-0.25, -0.2) is 21.2 Å². The van der Waals surface area contributed by atoms with E-state index in [2.05, 4.69) is 0 Å². The highest BCUT2D eigenvalue weighted by Gasteiger charge is 2.19. The van der Waals surface area contributed by atoms with Gasteiger partial charge in [0.15, 0.2) is 11.6 Å². The summed E-state index contributed by atoms with van der Waals surface area (Å²) in [5.74, 6) is -2.09. The Morgan fingerprint density at radius 2 is 1.55 bits per heavy atom. The first kappa shape index (κ1) is 12.8. The van der Waals surface area contributed by atoms with E-state index in [1.165, 1.54) is 24.4 Å². The molecule has 0 bridgehead atoms. The van der Waals surface area contributed by atoms with E-state index in [1.807, 2.05) is 0 Å². The zero-order valence-electron chi connectivity index (χ0n) is 10.1. The van der Waals surface area contributed by atoms with Crippen LogP contribution in [0.15, 0.2) is 59.6 Å². The maximum atomic E-state index is 13.3. The van der Waals surface area contributed by atoms with Gasteiger partial charge in [-0.1, -0.05) is 18.2 Å². The highest BCUT2D eigenvalue weighted by Crippen LogP contribution is 2.24. The highest BCUT2D eigenvalue weighted by molar-refractivity contribution is 7.90. The molecule has 0 amide bonds. The van der Waals surface area contributed by atoms with Gasteiger partial charge in [0.1, 0.15) is 0 Å². The van der Waals surface area contributed by atoms with Crippen LogP contribution in [0, 0.1) is 11.6 Å². The lowest BCUT2D eigenvalue weighted by atomic mass is 10.2. The van der Waals surface area contributed by atoms with E-state index < -0.39 is 21.7 Å². The molecule has 2 aromatic carbocycles. The van der Waals surface area contributed by atoms with E-state index in [0.29, 0.717) is 5.39 Å². The minimum atomic E-state index is -3.82. The van der Waals surface area contributed by atoms with Crippen LogP contribution in [0.4, 0.5) is 8.78 Å². The van der Waals surface area contributed by atoms with Crippen LogP contribution >= 0.6 is 0 Å². The van der Waals surface area contributed by atoms with Gasteiger partial charge in [0.2, 0.25) is 0 Å². The van der Waals surface area contributed by atoms with Crippen molar-refractivity contribution in [2.45, 2.75) is 4.90 Å². The zero-order valence-corrected chi connectivity index (χ0v) is 10.9. The Hall–Kier alpha value is -2.21. The van der Waals surface area contributed by atoms with Gasteiger partial charge in [0.05, 0.1) is 10.4 Å². The maximum Gasteiger partial charge on any atom is 0.268 e. The summed E-state index contributed by atoms with van der Waals surface area (Å²) in [5, 5.41) is 0.323. The van der Waals surface area contributed by atoms with Crippen molar-refractivity contribution in [3.05, 3.63) is 66.4 Å². The Morgan fingerprint density at radius 1 is 0.900 bits per heavy atom. The first-order chi connectivity index (χ1) is 9.50. The Kier molecular flexibility index (Phi) is 2.83. The topological polar surface area (TPSA) is 39.1 Å². The molecule has 0 atom stereocenters. The molecule has 0 aliphatic heterocycles. The average molecular weight is 293 g/mol. The SMILES string of the molecule is O=S(=O)(c1ccccc1)n1ccc2cc(F)c(F)cc21. The molecule has 6 heteroatoms. The Labute approximate surface area is 114 Å². The van der Waals surface area contributed by atoms with Gasteiger partial charge in [-0.05, 0) is 24.3 Å². The van der Waals surface area contributed by atoms with E-state index >= 15 is 0 Å². The molecule has 0 spiro atoms. The molecule has 0 unspecified atom stereocenters. The van der Waals surface area contributed by atoms with Crippen molar-refractivity contribution in [3.8, 4) is 0 Å². The van der Waals surface area contributed by atoms with Gasteiger partial charge in [-0.3, -0.25) is 0 Å². The smallest absolute Gasteiger partial charge is 0.241 e. The molecule has 0 N–H and O–H groups in total. The van der Waals surface area contributed by atoms with Crippen LogP contribution < -0.4 is 0 Å². The molecule has 0 saturated carbocycles. The van der Waals surface area contributed by atoms with Crippen molar-refractivity contribution in [2.24, 2.45) is 0 Å². The van der Waals surface area contributed by atoms with E-state index in [4.69, 9.17) is 0 Å². The normalized spacial score (nSPS) is 11.9. The number of benzene rings is 2. The Balaban J connectivity index is 2.28. The van der Waals surface area contributed by atoms with Crippen LogP contribution in [0.3, 0.4) is 0 Å². The number of rotatable bonds is 2. The van der Waals surface area contributed by atoms with Crippen molar-refractivity contribution < 1.29 is 17.2 Å². The van der Waals surface area contributed by atoms with Crippen LogP contribution in [0.2, 0.25) is 0 Å². The van der Waals surface area contributed by atoms with E-state index in [9.17, 15) is 17.2 Å². The number of hydrogen-bond acceptors (Lipinski definition) is 2. The standard InChI is InChI=1S/C14H9F2NO2S/c15-12-8-10-6-7-17(14(10)9-13(12)16)20(18,19)11-4-2-1-3-5-11/h1-9H. The molecule has 102 valence electrons. The average Bonchev–Trinajstić information content (AvgIpc) is 2.84. The molecule has 0 fully saturated rings. The monoisotopic (exact) mass is 293 g/mol. The summed E-state index contributed by atoms with van der Waals surface area (Å²) in [4.78, 5) is 0.0854. The second kappa shape index (κ2) is 4.42. The molecule has 0 saturated heterocycles. The van der Waals surface area contributed by atoms with Crippen molar-refractivity contribution in [2.75, 3.05) is 0 Å². The van der Waals surface area contributed by atoms with Gasteiger partial charge in [0.25, 0.3) is 10.0 Å². The predicted octanol–water partition coefficient (Wildman–Crippen LogP) is 3.16. The van der Waals surface area contributed by atoms with E-state index in [0.717, 1.165) is 16.1 Å². The number of fused-ring (bicyclic) bond motifs is 1. The summed E-state index contributed by atoms with van der Waals surface area (Å²) in [6, 6.07) is 11.1.